The molecule has 3 nitrogen and oxygen atoms in total. The van der Waals surface area contributed by atoms with Crippen molar-refractivity contribution in [2.75, 3.05) is 26.2 Å². The van der Waals surface area contributed by atoms with Crippen molar-refractivity contribution in [3.63, 3.8) is 0 Å². The van der Waals surface area contributed by atoms with Crippen molar-refractivity contribution in [1.82, 2.24) is 15.1 Å². The summed E-state index contributed by atoms with van der Waals surface area (Å²) in [6.07, 6.45) is 11.2. The Morgan fingerprint density at radius 3 is 2.44 bits per heavy atom. The number of piperidine rings is 2. The van der Waals surface area contributed by atoms with Crippen molar-refractivity contribution in [1.29, 1.82) is 0 Å². The van der Waals surface area contributed by atoms with E-state index in [2.05, 4.69) is 22.0 Å². The van der Waals surface area contributed by atoms with Crippen LogP contribution in [0, 0.1) is 5.92 Å². The molecule has 0 radical (unpaired) electrons. The first kappa shape index (κ1) is 12.9. The van der Waals surface area contributed by atoms with E-state index < -0.39 is 0 Å². The topological polar surface area (TPSA) is 18.5 Å². The SMILES string of the molecule is CC1CCN(C2CCCCN2C2CCCN2)CC1. The minimum Gasteiger partial charge on any atom is -0.302 e. The van der Waals surface area contributed by atoms with Gasteiger partial charge in [0.25, 0.3) is 0 Å². The molecule has 2 atom stereocenters. The normalized spacial score (nSPS) is 37.2. The highest BCUT2D eigenvalue weighted by atomic mass is 15.4. The van der Waals surface area contributed by atoms with Gasteiger partial charge in [0.1, 0.15) is 0 Å². The molecule has 0 saturated carbocycles. The minimum atomic E-state index is 0.676. The Labute approximate surface area is 112 Å². The van der Waals surface area contributed by atoms with E-state index in [1.54, 1.807) is 0 Å². The quantitative estimate of drug-likeness (QED) is 0.812. The lowest BCUT2D eigenvalue weighted by molar-refractivity contribution is -0.0326. The van der Waals surface area contributed by atoms with Gasteiger partial charge in [-0.3, -0.25) is 9.80 Å². The third-order valence-electron chi connectivity index (χ3n) is 5.19. The molecule has 3 aliphatic heterocycles. The summed E-state index contributed by atoms with van der Waals surface area (Å²) >= 11 is 0. The number of likely N-dealkylation sites (tertiary alicyclic amines) is 2. The Morgan fingerprint density at radius 1 is 0.889 bits per heavy atom. The minimum absolute atomic E-state index is 0.676. The molecule has 104 valence electrons. The zero-order chi connectivity index (χ0) is 12.4. The maximum atomic E-state index is 3.70. The second kappa shape index (κ2) is 5.89. The van der Waals surface area contributed by atoms with Gasteiger partial charge < -0.3 is 5.32 Å². The fourth-order valence-electron chi connectivity index (χ4n) is 3.97. The molecule has 0 aliphatic carbocycles. The monoisotopic (exact) mass is 251 g/mol. The Bertz CT molecular complexity index is 254. The lowest BCUT2D eigenvalue weighted by Gasteiger charge is -2.47. The highest BCUT2D eigenvalue weighted by Gasteiger charge is 2.34. The van der Waals surface area contributed by atoms with Gasteiger partial charge in [0, 0.05) is 6.54 Å². The molecule has 3 heterocycles. The molecule has 0 amide bonds. The van der Waals surface area contributed by atoms with Crippen LogP contribution < -0.4 is 5.32 Å². The van der Waals surface area contributed by atoms with E-state index in [9.17, 15) is 0 Å². The number of hydrogen-bond acceptors (Lipinski definition) is 3. The summed E-state index contributed by atoms with van der Waals surface area (Å²) < 4.78 is 0. The zero-order valence-electron chi connectivity index (χ0n) is 11.9. The van der Waals surface area contributed by atoms with Crippen LogP contribution in [-0.4, -0.2) is 48.3 Å². The van der Waals surface area contributed by atoms with E-state index in [1.807, 2.05) is 0 Å². The van der Waals surface area contributed by atoms with Crippen LogP contribution in [0.2, 0.25) is 0 Å². The molecule has 2 unspecified atom stereocenters. The number of hydrogen-bond donors (Lipinski definition) is 1. The molecular weight excluding hydrogens is 222 g/mol. The van der Waals surface area contributed by atoms with Crippen molar-refractivity contribution in [2.45, 2.75) is 64.2 Å². The summed E-state index contributed by atoms with van der Waals surface area (Å²) in [6, 6.07) is 0. The third-order valence-corrected chi connectivity index (χ3v) is 5.19. The molecule has 0 aromatic rings. The summed E-state index contributed by atoms with van der Waals surface area (Å²) in [5, 5.41) is 3.70. The van der Waals surface area contributed by atoms with Crippen LogP contribution in [0.25, 0.3) is 0 Å². The lowest BCUT2D eigenvalue weighted by Crippen LogP contribution is -2.58. The molecule has 1 N–H and O–H groups in total. The largest absolute Gasteiger partial charge is 0.302 e. The van der Waals surface area contributed by atoms with Gasteiger partial charge in [-0.2, -0.15) is 0 Å². The van der Waals surface area contributed by atoms with E-state index in [0.717, 1.165) is 12.1 Å². The molecule has 3 fully saturated rings. The third kappa shape index (κ3) is 2.73. The average molecular weight is 251 g/mol. The summed E-state index contributed by atoms with van der Waals surface area (Å²) in [4.78, 5) is 5.56. The standard InChI is InChI=1S/C15H29N3/c1-13-7-11-17(12-8-13)15-6-2-3-10-18(15)14-5-4-9-16-14/h13-16H,2-12H2,1H3. The molecule has 0 aromatic carbocycles. The fraction of sp³-hybridized carbons (Fsp3) is 1.00. The van der Waals surface area contributed by atoms with Gasteiger partial charge in [-0.1, -0.05) is 6.92 Å². The van der Waals surface area contributed by atoms with Crippen LogP contribution in [-0.2, 0) is 0 Å². The lowest BCUT2D eigenvalue weighted by atomic mass is 9.96. The van der Waals surface area contributed by atoms with Gasteiger partial charge in [-0.05, 0) is 70.5 Å². The number of nitrogens with zero attached hydrogens (tertiary/aromatic N) is 2. The Kier molecular flexibility index (Phi) is 4.22. The predicted octanol–water partition coefficient (Wildman–Crippen LogP) is 2.24. The van der Waals surface area contributed by atoms with Gasteiger partial charge >= 0.3 is 0 Å². The first-order chi connectivity index (χ1) is 8.84. The second-order valence-electron chi connectivity index (χ2n) is 6.54. The highest BCUT2D eigenvalue weighted by Crippen LogP contribution is 2.28. The van der Waals surface area contributed by atoms with Crippen molar-refractivity contribution in [2.24, 2.45) is 5.92 Å². The Hall–Kier alpha value is -0.120. The van der Waals surface area contributed by atoms with E-state index in [0.29, 0.717) is 6.17 Å². The van der Waals surface area contributed by atoms with Crippen LogP contribution in [0.1, 0.15) is 51.9 Å². The molecular formula is C15H29N3. The molecule has 0 bridgehead atoms. The Morgan fingerprint density at radius 2 is 1.72 bits per heavy atom. The zero-order valence-corrected chi connectivity index (χ0v) is 11.9. The fourth-order valence-corrected chi connectivity index (χ4v) is 3.97. The van der Waals surface area contributed by atoms with Crippen molar-refractivity contribution >= 4 is 0 Å². The van der Waals surface area contributed by atoms with Crippen molar-refractivity contribution in [3.8, 4) is 0 Å². The maximum absolute atomic E-state index is 3.70. The van der Waals surface area contributed by atoms with Crippen LogP contribution in [0.15, 0.2) is 0 Å². The van der Waals surface area contributed by atoms with E-state index in [4.69, 9.17) is 0 Å². The molecule has 0 aromatic heterocycles. The van der Waals surface area contributed by atoms with Gasteiger partial charge in [-0.15, -0.1) is 0 Å². The Balaban J connectivity index is 1.63. The van der Waals surface area contributed by atoms with Gasteiger partial charge in [0.15, 0.2) is 0 Å². The predicted molar refractivity (Wildman–Crippen MR) is 75.3 cm³/mol. The summed E-state index contributed by atoms with van der Waals surface area (Å²) in [6.45, 7) is 7.61. The van der Waals surface area contributed by atoms with Crippen molar-refractivity contribution < 1.29 is 0 Å². The van der Waals surface area contributed by atoms with E-state index in [1.165, 1.54) is 71.1 Å². The van der Waals surface area contributed by atoms with E-state index in [-0.39, 0.29) is 0 Å². The summed E-state index contributed by atoms with van der Waals surface area (Å²) in [7, 11) is 0. The molecule has 3 saturated heterocycles. The van der Waals surface area contributed by atoms with Crippen molar-refractivity contribution in [3.05, 3.63) is 0 Å². The average Bonchev–Trinajstić information content (AvgIpc) is 2.93. The van der Waals surface area contributed by atoms with Crippen LogP contribution >= 0.6 is 0 Å². The second-order valence-corrected chi connectivity index (χ2v) is 6.54. The molecule has 0 spiro atoms. The van der Waals surface area contributed by atoms with Crippen LogP contribution in [0.3, 0.4) is 0 Å². The van der Waals surface area contributed by atoms with Crippen LogP contribution in [0.5, 0.6) is 0 Å². The van der Waals surface area contributed by atoms with Gasteiger partial charge in [0.2, 0.25) is 0 Å². The summed E-state index contributed by atoms with van der Waals surface area (Å²) in [5.74, 6) is 0.947. The van der Waals surface area contributed by atoms with Gasteiger partial charge in [0.05, 0.1) is 12.3 Å². The number of nitrogens with one attached hydrogen (secondary N) is 1. The smallest absolute Gasteiger partial charge is 0.0635 e. The molecule has 3 heteroatoms. The molecule has 3 aliphatic rings. The van der Waals surface area contributed by atoms with E-state index >= 15 is 0 Å². The first-order valence-electron chi connectivity index (χ1n) is 8.08. The summed E-state index contributed by atoms with van der Waals surface area (Å²) in [5.41, 5.74) is 0. The molecule has 18 heavy (non-hydrogen) atoms. The molecule has 3 rings (SSSR count). The number of rotatable bonds is 2. The first-order valence-corrected chi connectivity index (χ1v) is 8.08. The highest BCUT2D eigenvalue weighted by molar-refractivity contribution is 4.86. The maximum Gasteiger partial charge on any atom is 0.0635 e. The van der Waals surface area contributed by atoms with Gasteiger partial charge in [-0.25, -0.2) is 0 Å². The van der Waals surface area contributed by atoms with Crippen LogP contribution in [0.4, 0.5) is 0 Å².